The Bertz CT molecular complexity index is 591. The number of anilines is 1. The van der Waals surface area contributed by atoms with Gasteiger partial charge in [0.15, 0.2) is 0 Å². The molecule has 5 nitrogen and oxygen atoms in total. The van der Waals surface area contributed by atoms with Crippen LogP contribution in [0.15, 0.2) is 18.2 Å². The minimum absolute atomic E-state index is 0. The number of halogens is 2. The second-order valence-electron chi connectivity index (χ2n) is 5.91. The van der Waals surface area contributed by atoms with Crippen LogP contribution in [-0.4, -0.2) is 30.9 Å². The molecule has 23 heavy (non-hydrogen) atoms. The molecule has 1 atom stereocenters. The van der Waals surface area contributed by atoms with Crippen molar-refractivity contribution in [2.24, 2.45) is 0 Å². The molecule has 1 unspecified atom stereocenters. The molecule has 0 saturated carbocycles. The number of carbonyl (C=O) groups excluding carboxylic acids is 2. The molecule has 2 aliphatic rings. The highest BCUT2D eigenvalue weighted by atomic mass is 35.5. The molecule has 0 aliphatic carbocycles. The summed E-state index contributed by atoms with van der Waals surface area (Å²) in [5, 5.41) is 8.56. The number of hydrogen-bond acceptors (Lipinski definition) is 4. The first-order valence-corrected chi connectivity index (χ1v) is 7.74. The maximum atomic E-state index is 14.3. The van der Waals surface area contributed by atoms with E-state index >= 15 is 0 Å². The summed E-state index contributed by atoms with van der Waals surface area (Å²) in [6.45, 7) is 1.83. The summed E-state index contributed by atoms with van der Waals surface area (Å²) in [6, 6.07) is 4.58. The van der Waals surface area contributed by atoms with E-state index in [1.165, 1.54) is 6.07 Å². The molecule has 3 rings (SSSR count). The lowest BCUT2D eigenvalue weighted by Crippen LogP contribution is -2.47. The van der Waals surface area contributed by atoms with Crippen LogP contribution in [0, 0.1) is 5.82 Å². The van der Waals surface area contributed by atoms with Crippen molar-refractivity contribution in [3.05, 3.63) is 29.6 Å². The lowest BCUT2D eigenvalue weighted by atomic mass is 9.89. The predicted molar refractivity (Wildman–Crippen MR) is 88.3 cm³/mol. The van der Waals surface area contributed by atoms with Crippen molar-refractivity contribution in [1.82, 2.24) is 10.6 Å². The van der Waals surface area contributed by atoms with Crippen LogP contribution in [0.3, 0.4) is 0 Å². The van der Waals surface area contributed by atoms with E-state index in [0.29, 0.717) is 18.5 Å². The largest absolute Gasteiger partial charge is 0.374 e. The van der Waals surface area contributed by atoms with Crippen molar-refractivity contribution in [1.29, 1.82) is 0 Å². The monoisotopic (exact) mass is 341 g/mol. The molecule has 2 saturated heterocycles. The zero-order valence-corrected chi connectivity index (χ0v) is 13.5. The van der Waals surface area contributed by atoms with Gasteiger partial charge in [0.2, 0.25) is 11.8 Å². The fraction of sp³-hybridized carbons (Fsp3) is 0.500. The van der Waals surface area contributed by atoms with Gasteiger partial charge in [0.25, 0.3) is 0 Å². The molecule has 3 N–H and O–H groups in total. The van der Waals surface area contributed by atoms with Crippen LogP contribution in [0.2, 0.25) is 0 Å². The van der Waals surface area contributed by atoms with Crippen LogP contribution in [0.4, 0.5) is 10.1 Å². The third-order valence-electron chi connectivity index (χ3n) is 4.36. The number of amides is 2. The number of piperidine rings is 2. The number of benzene rings is 1. The maximum Gasteiger partial charge on any atom is 0.249 e. The fourth-order valence-electron chi connectivity index (χ4n) is 3.11. The van der Waals surface area contributed by atoms with Crippen molar-refractivity contribution in [3.8, 4) is 0 Å². The van der Waals surface area contributed by atoms with E-state index in [1.807, 2.05) is 6.07 Å². The van der Waals surface area contributed by atoms with Gasteiger partial charge >= 0.3 is 0 Å². The van der Waals surface area contributed by atoms with Crippen molar-refractivity contribution in [2.45, 2.75) is 37.6 Å². The average Bonchev–Trinajstić information content (AvgIpc) is 2.51. The Balaban J connectivity index is 0.00000192. The minimum Gasteiger partial charge on any atom is -0.374 e. The Labute approximate surface area is 140 Å². The third-order valence-corrected chi connectivity index (χ3v) is 4.36. The normalized spacial score (nSPS) is 22.2. The molecule has 0 bridgehead atoms. The predicted octanol–water partition coefficient (Wildman–Crippen LogP) is 1.93. The smallest absolute Gasteiger partial charge is 0.249 e. The summed E-state index contributed by atoms with van der Waals surface area (Å²) >= 11 is 0. The van der Waals surface area contributed by atoms with Crippen LogP contribution < -0.4 is 16.0 Å². The molecule has 7 heteroatoms. The fourth-order valence-corrected chi connectivity index (χ4v) is 3.11. The molecule has 2 fully saturated rings. The van der Waals surface area contributed by atoms with E-state index < -0.39 is 6.04 Å². The van der Waals surface area contributed by atoms with Crippen LogP contribution >= 0.6 is 12.4 Å². The van der Waals surface area contributed by atoms with E-state index in [4.69, 9.17) is 0 Å². The van der Waals surface area contributed by atoms with Gasteiger partial charge in [-0.3, -0.25) is 14.9 Å². The van der Waals surface area contributed by atoms with Crippen LogP contribution in [0.25, 0.3) is 0 Å². The lowest BCUT2D eigenvalue weighted by Gasteiger charge is -2.25. The van der Waals surface area contributed by atoms with Gasteiger partial charge in [-0.15, -0.1) is 12.4 Å². The molecular formula is C16H21ClFN3O2. The molecule has 0 radical (unpaired) electrons. The Hall–Kier alpha value is -1.66. The van der Waals surface area contributed by atoms with Gasteiger partial charge in [-0.2, -0.15) is 0 Å². The quantitative estimate of drug-likeness (QED) is 0.735. The first kappa shape index (κ1) is 17.7. The number of hydrogen-bond donors (Lipinski definition) is 3. The van der Waals surface area contributed by atoms with Gasteiger partial charge in [0.1, 0.15) is 11.9 Å². The van der Waals surface area contributed by atoms with Gasteiger partial charge < -0.3 is 10.6 Å². The first-order valence-electron chi connectivity index (χ1n) is 7.74. The minimum atomic E-state index is -0.484. The summed E-state index contributed by atoms with van der Waals surface area (Å²) in [4.78, 5) is 22.8. The van der Waals surface area contributed by atoms with Crippen LogP contribution in [-0.2, 0) is 9.59 Å². The molecule has 2 aliphatic heterocycles. The molecule has 0 aromatic heterocycles. The standard InChI is InChI=1S/C16H20FN3O2.ClH/c17-13-9-11(19-14-3-4-15(21)20-16(14)22)1-2-12(13)10-5-7-18-8-6-10;/h1-2,9-10,14,18-19H,3-8H2,(H,20,21,22);1H. The lowest BCUT2D eigenvalue weighted by molar-refractivity contribution is -0.133. The first-order chi connectivity index (χ1) is 10.6. The molecule has 1 aromatic carbocycles. The Morgan fingerprint density at radius 2 is 1.87 bits per heavy atom. The van der Waals surface area contributed by atoms with Gasteiger partial charge in [-0.05, 0) is 56.0 Å². The SMILES string of the molecule is Cl.O=C1CCC(Nc2ccc(C3CCNCC3)c(F)c2)C(=O)N1. The highest BCUT2D eigenvalue weighted by Gasteiger charge is 2.26. The van der Waals surface area contributed by atoms with E-state index in [0.717, 1.165) is 31.5 Å². The second-order valence-corrected chi connectivity index (χ2v) is 5.91. The summed E-state index contributed by atoms with van der Waals surface area (Å²) in [5.41, 5.74) is 1.32. The summed E-state index contributed by atoms with van der Waals surface area (Å²) in [5.74, 6) is -0.579. The average molecular weight is 342 g/mol. The zero-order chi connectivity index (χ0) is 15.5. The van der Waals surface area contributed by atoms with Crippen molar-refractivity contribution in [2.75, 3.05) is 18.4 Å². The van der Waals surface area contributed by atoms with Gasteiger partial charge in [-0.1, -0.05) is 6.07 Å². The number of carbonyl (C=O) groups is 2. The molecule has 0 spiro atoms. The van der Waals surface area contributed by atoms with E-state index in [1.54, 1.807) is 6.07 Å². The third kappa shape index (κ3) is 4.20. The van der Waals surface area contributed by atoms with Crippen molar-refractivity contribution >= 4 is 29.9 Å². The van der Waals surface area contributed by atoms with Crippen molar-refractivity contribution in [3.63, 3.8) is 0 Å². The molecule has 126 valence electrons. The van der Waals surface area contributed by atoms with E-state index in [-0.39, 0.29) is 36.0 Å². The maximum absolute atomic E-state index is 14.3. The topological polar surface area (TPSA) is 70.2 Å². The number of imide groups is 1. The van der Waals surface area contributed by atoms with Gasteiger partial charge in [0.05, 0.1) is 0 Å². The Morgan fingerprint density at radius 3 is 2.52 bits per heavy atom. The highest BCUT2D eigenvalue weighted by molar-refractivity contribution is 6.01. The van der Waals surface area contributed by atoms with Gasteiger partial charge in [0, 0.05) is 12.1 Å². The molecule has 2 amide bonds. The molecular weight excluding hydrogens is 321 g/mol. The Morgan fingerprint density at radius 1 is 1.13 bits per heavy atom. The highest BCUT2D eigenvalue weighted by Crippen LogP contribution is 2.29. The zero-order valence-electron chi connectivity index (χ0n) is 12.7. The van der Waals surface area contributed by atoms with Crippen LogP contribution in [0.1, 0.15) is 37.2 Å². The van der Waals surface area contributed by atoms with Gasteiger partial charge in [-0.25, -0.2) is 4.39 Å². The summed E-state index contributed by atoms with van der Waals surface area (Å²) in [7, 11) is 0. The van der Waals surface area contributed by atoms with E-state index in [2.05, 4.69) is 16.0 Å². The molecule has 1 aromatic rings. The Kier molecular flexibility index (Phi) is 5.96. The second kappa shape index (κ2) is 7.75. The van der Waals surface area contributed by atoms with Crippen molar-refractivity contribution < 1.29 is 14.0 Å². The summed E-state index contributed by atoms with van der Waals surface area (Å²) in [6.07, 6.45) is 2.62. The molecule has 2 heterocycles. The summed E-state index contributed by atoms with van der Waals surface area (Å²) < 4.78 is 14.3. The van der Waals surface area contributed by atoms with E-state index in [9.17, 15) is 14.0 Å². The number of rotatable bonds is 3. The van der Waals surface area contributed by atoms with Crippen LogP contribution in [0.5, 0.6) is 0 Å². The number of nitrogens with one attached hydrogen (secondary N) is 3.